The first-order valence-corrected chi connectivity index (χ1v) is 5.78. The van der Waals surface area contributed by atoms with E-state index in [-0.39, 0.29) is 6.29 Å². The third-order valence-electron chi connectivity index (χ3n) is 1.96. The molecule has 1 atom stereocenters. The molecule has 1 saturated heterocycles. The summed E-state index contributed by atoms with van der Waals surface area (Å²) in [4.78, 5) is 0.737. The summed E-state index contributed by atoms with van der Waals surface area (Å²) in [6.45, 7) is 3.98. The molecule has 1 fully saturated rings. The summed E-state index contributed by atoms with van der Waals surface area (Å²) in [7, 11) is 0. The molecule has 12 heavy (non-hydrogen) atoms. The van der Waals surface area contributed by atoms with Crippen molar-refractivity contribution in [2.75, 3.05) is 13.2 Å². The molecule has 1 rings (SSSR count). The molecular formula is C9H18O2Se. The Morgan fingerprint density at radius 3 is 2.67 bits per heavy atom. The first-order valence-electron chi connectivity index (χ1n) is 4.70. The van der Waals surface area contributed by atoms with E-state index < -0.39 is 0 Å². The van der Waals surface area contributed by atoms with E-state index >= 15 is 0 Å². The van der Waals surface area contributed by atoms with Crippen LogP contribution in [0.4, 0.5) is 0 Å². The molecule has 0 aromatic rings. The van der Waals surface area contributed by atoms with Crippen LogP contribution in [0.25, 0.3) is 0 Å². The zero-order valence-corrected chi connectivity index (χ0v) is 9.54. The maximum absolute atomic E-state index is 5.43. The van der Waals surface area contributed by atoms with Crippen LogP contribution in [0, 0.1) is 0 Å². The third kappa shape index (κ3) is 4.46. The van der Waals surface area contributed by atoms with Gasteiger partial charge in [-0.05, 0) is 0 Å². The molecule has 0 spiro atoms. The van der Waals surface area contributed by atoms with Gasteiger partial charge in [0.25, 0.3) is 0 Å². The number of hydrogen-bond acceptors (Lipinski definition) is 2. The molecule has 0 unspecified atom stereocenters. The summed E-state index contributed by atoms with van der Waals surface area (Å²) in [6, 6.07) is 0. The van der Waals surface area contributed by atoms with E-state index in [4.69, 9.17) is 9.47 Å². The predicted molar refractivity (Wildman–Crippen MR) is 50.7 cm³/mol. The summed E-state index contributed by atoms with van der Waals surface area (Å²) in [6.07, 6.45) is 4.66. The normalized spacial score (nSPS) is 22.5. The zero-order valence-electron chi connectivity index (χ0n) is 7.66. The Balaban J connectivity index is 1.98. The van der Waals surface area contributed by atoms with Crippen LogP contribution in [-0.4, -0.2) is 35.5 Å². The summed E-state index contributed by atoms with van der Waals surface area (Å²) in [5.74, 6) is 0. The molecule has 0 N–H and O–H groups in total. The Hall–Kier alpha value is 0.439. The van der Waals surface area contributed by atoms with E-state index in [1.807, 2.05) is 0 Å². The average Bonchev–Trinajstić information content (AvgIpc) is 2.05. The maximum atomic E-state index is 5.43. The van der Waals surface area contributed by atoms with Gasteiger partial charge in [-0.1, -0.05) is 0 Å². The second kappa shape index (κ2) is 5.98. The molecule has 1 heterocycles. The first kappa shape index (κ1) is 10.5. The first-order chi connectivity index (χ1) is 5.79. The van der Waals surface area contributed by atoms with Gasteiger partial charge in [0, 0.05) is 0 Å². The van der Waals surface area contributed by atoms with Crippen molar-refractivity contribution in [1.29, 1.82) is 0 Å². The van der Waals surface area contributed by atoms with Gasteiger partial charge in [0.05, 0.1) is 0 Å². The van der Waals surface area contributed by atoms with E-state index in [2.05, 4.69) is 22.9 Å². The predicted octanol–water partition coefficient (Wildman–Crippen LogP) is 1.63. The van der Waals surface area contributed by atoms with E-state index in [1.54, 1.807) is 0 Å². The average molecular weight is 237 g/mol. The Bertz CT molecular complexity index is 111. The van der Waals surface area contributed by atoms with Crippen LogP contribution < -0.4 is 0 Å². The van der Waals surface area contributed by atoms with Gasteiger partial charge in [0.2, 0.25) is 0 Å². The molecule has 0 amide bonds. The topological polar surface area (TPSA) is 18.5 Å². The Morgan fingerprint density at radius 1 is 1.42 bits per heavy atom. The van der Waals surface area contributed by atoms with Crippen molar-refractivity contribution >= 4 is 16.0 Å². The van der Waals surface area contributed by atoms with Crippen LogP contribution in [0.5, 0.6) is 0 Å². The monoisotopic (exact) mass is 238 g/mol. The quantitative estimate of drug-likeness (QED) is 0.692. The van der Waals surface area contributed by atoms with Crippen molar-refractivity contribution in [1.82, 2.24) is 0 Å². The zero-order chi connectivity index (χ0) is 8.81. The Kier molecular flexibility index (Phi) is 5.24. The fraction of sp³-hybridized carbons (Fsp3) is 1.00. The molecule has 3 heteroatoms. The van der Waals surface area contributed by atoms with Crippen molar-refractivity contribution in [3.63, 3.8) is 0 Å². The van der Waals surface area contributed by atoms with Gasteiger partial charge in [-0.15, -0.1) is 0 Å². The Labute approximate surface area is 82.8 Å². The molecular weight excluding hydrogens is 219 g/mol. The molecule has 1 aliphatic rings. The molecule has 72 valence electrons. The minimum absolute atomic E-state index is 0.0880. The van der Waals surface area contributed by atoms with Gasteiger partial charge in [-0.3, -0.25) is 0 Å². The van der Waals surface area contributed by atoms with E-state index in [1.165, 1.54) is 12.8 Å². The molecule has 0 radical (unpaired) electrons. The van der Waals surface area contributed by atoms with Gasteiger partial charge in [-0.25, -0.2) is 0 Å². The van der Waals surface area contributed by atoms with Crippen LogP contribution in [0.15, 0.2) is 0 Å². The van der Waals surface area contributed by atoms with Crippen LogP contribution in [0.1, 0.15) is 32.6 Å². The summed E-state index contributed by atoms with van der Waals surface area (Å²) in [5.41, 5.74) is 0. The van der Waals surface area contributed by atoms with Crippen molar-refractivity contribution in [2.45, 2.75) is 43.7 Å². The molecule has 0 saturated carbocycles. The van der Waals surface area contributed by atoms with Gasteiger partial charge >= 0.3 is 82.4 Å². The number of ether oxygens (including phenoxy) is 2. The number of rotatable bonds is 4. The summed E-state index contributed by atoms with van der Waals surface area (Å²) in [5, 5.41) is 0. The minimum atomic E-state index is 0.0880. The van der Waals surface area contributed by atoms with E-state index in [0.717, 1.165) is 30.9 Å². The van der Waals surface area contributed by atoms with Crippen LogP contribution in [0.3, 0.4) is 0 Å². The SMILES string of the molecule is C[C@@H]([SeH])CCCC1OCCCO1. The summed E-state index contributed by atoms with van der Waals surface area (Å²) < 4.78 is 10.9. The molecule has 0 aromatic heterocycles. The molecule has 0 aliphatic carbocycles. The second-order valence-corrected chi connectivity index (χ2v) is 5.15. The van der Waals surface area contributed by atoms with Crippen LogP contribution in [-0.2, 0) is 9.47 Å². The Morgan fingerprint density at radius 2 is 2.08 bits per heavy atom. The third-order valence-corrected chi connectivity index (χ3v) is 2.50. The molecule has 2 nitrogen and oxygen atoms in total. The van der Waals surface area contributed by atoms with Crippen LogP contribution >= 0.6 is 0 Å². The van der Waals surface area contributed by atoms with Crippen molar-refractivity contribution < 1.29 is 9.47 Å². The van der Waals surface area contributed by atoms with Crippen molar-refractivity contribution in [3.8, 4) is 0 Å². The molecule has 0 aromatic carbocycles. The summed E-state index contributed by atoms with van der Waals surface area (Å²) >= 11 is 2.67. The van der Waals surface area contributed by atoms with Crippen molar-refractivity contribution in [2.24, 2.45) is 0 Å². The van der Waals surface area contributed by atoms with E-state index in [0.29, 0.717) is 0 Å². The van der Waals surface area contributed by atoms with E-state index in [9.17, 15) is 0 Å². The van der Waals surface area contributed by atoms with Gasteiger partial charge in [0.1, 0.15) is 0 Å². The molecule has 1 aliphatic heterocycles. The molecule has 0 bridgehead atoms. The van der Waals surface area contributed by atoms with Crippen LogP contribution in [0.2, 0.25) is 4.82 Å². The van der Waals surface area contributed by atoms with Gasteiger partial charge in [-0.2, -0.15) is 0 Å². The second-order valence-electron chi connectivity index (χ2n) is 3.30. The fourth-order valence-corrected chi connectivity index (χ4v) is 1.67. The standard InChI is InChI=1S/C9H18O2Se/c1-8(12)4-2-5-9-10-6-3-7-11-9/h8-9,12H,2-7H2,1H3/t8-/m1/s1. The van der Waals surface area contributed by atoms with Crippen molar-refractivity contribution in [3.05, 3.63) is 0 Å². The van der Waals surface area contributed by atoms with Gasteiger partial charge in [0.15, 0.2) is 0 Å². The van der Waals surface area contributed by atoms with Gasteiger partial charge < -0.3 is 0 Å². The fourth-order valence-electron chi connectivity index (χ4n) is 1.28. The number of hydrogen-bond donors (Lipinski definition) is 0.